The molecule has 2 aromatic heterocycles. The van der Waals surface area contributed by atoms with Gasteiger partial charge in [-0.05, 0) is 55.7 Å². The third-order valence-corrected chi connectivity index (χ3v) is 6.09. The molecule has 2 aromatic carbocycles. The van der Waals surface area contributed by atoms with E-state index in [4.69, 9.17) is 11.6 Å². The molecule has 148 valence electrons. The molecule has 0 spiro atoms. The van der Waals surface area contributed by atoms with E-state index in [1.807, 2.05) is 25.1 Å². The van der Waals surface area contributed by atoms with E-state index in [2.05, 4.69) is 52.0 Å². The predicted octanol–water partition coefficient (Wildman–Crippen LogP) is 5.58. The molecule has 0 saturated carbocycles. The molecule has 29 heavy (non-hydrogen) atoms. The van der Waals surface area contributed by atoms with Gasteiger partial charge in [-0.1, -0.05) is 47.6 Å². The summed E-state index contributed by atoms with van der Waals surface area (Å²) >= 11 is 7.56. The summed E-state index contributed by atoms with van der Waals surface area (Å²) < 4.78 is 2.08. The average Bonchev–Trinajstić information content (AvgIpc) is 3.07. The lowest BCUT2D eigenvalue weighted by atomic mass is 10.1. The molecule has 0 atom stereocenters. The summed E-state index contributed by atoms with van der Waals surface area (Å²) in [7, 11) is 0. The molecule has 4 aromatic rings. The van der Waals surface area contributed by atoms with Crippen LogP contribution in [0.25, 0.3) is 16.6 Å². The molecular formula is C22H21ClN4OS. The fourth-order valence-corrected chi connectivity index (χ4v) is 4.46. The Bertz CT molecular complexity index is 1230. The third kappa shape index (κ3) is 3.95. The fraction of sp³-hybridized carbons (Fsp3) is 0.227. The number of amides is 1. The number of para-hydroxylation sites is 1. The Balaban J connectivity index is 1.52. The number of fused-ring (bicyclic) bond motifs is 3. The van der Waals surface area contributed by atoms with E-state index < -0.39 is 0 Å². The number of benzene rings is 2. The summed E-state index contributed by atoms with van der Waals surface area (Å²) in [5, 5.41) is 14.2. The first-order valence-electron chi connectivity index (χ1n) is 9.37. The number of carbonyl (C=O) groups excluding carboxylic acids is 1. The lowest BCUT2D eigenvalue weighted by Crippen LogP contribution is -2.13. The van der Waals surface area contributed by atoms with Crippen molar-refractivity contribution in [1.29, 1.82) is 0 Å². The van der Waals surface area contributed by atoms with Crippen LogP contribution < -0.4 is 5.32 Å². The molecule has 0 aliphatic carbocycles. The van der Waals surface area contributed by atoms with Crippen molar-refractivity contribution in [2.45, 2.75) is 32.3 Å². The van der Waals surface area contributed by atoms with Crippen molar-refractivity contribution in [2.24, 2.45) is 0 Å². The van der Waals surface area contributed by atoms with Crippen LogP contribution in [0, 0.1) is 20.8 Å². The molecule has 0 bridgehead atoms. The van der Waals surface area contributed by atoms with Gasteiger partial charge in [-0.2, -0.15) is 0 Å². The zero-order valence-electron chi connectivity index (χ0n) is 16.5. The summed E-state index contributed by atoms with van der Waals surface area (Å²) in [5.74, 6) is 0.557. The standard InChI is InChI=1S/C22H21ClN4OS/c1-13-7-8-16(23)12-18(13)24-20(28)9-10-29-22-26-25-19-11-15(3)17-6-4-5-14(2)21(17)27(19)22/h4-8,11-12H,9-10H2,1-3H3,(H,24,28). The Morgan fingerprint density at radius 1 is 1.07 bits per heavy atom. The molecule has 0 saturated heterocycles. The van der Waals surface area contributed by atoms with Gasteiger partial charge in [0.05, 0.1) is 5.52 Å². The van der Waals surface area contributed by atoms with E-state index in [1.165, 1.54) is 28.3 Å². The van der Waals surface area contributed by atoms with Crippen molar-refractivity contribution < 1.29 is 4.79 Å². The molecule has 5 nitrogen and oxygen atoms in total. The van der Waals surface area contributed by atoms with Crippen molar-refractivity contribution >= 4 is 51.5 Å². The third-order valence-electron chi connectivity index (χ3n) is 4.92. The zero-order chi connectivity index (χ0) is 20.5. The molecule has 1 N–H and O–H groups in total. The number of thioether (sulfide) groups is 1. The monoisotopic (exact) mass is 424 g/mol. The van der Waals surface area contributed by atoms with Crippen LogP contribution in [0.15, 0.2) is 47.6 Å². The number of anilines is 1. The van der Waals surface area contributed by atoms with Crippen LogP contribution >= 0.6 is 23.4 Å². The molecule has 0 fully saturated rings. The van der Waals surface area contributed by atoms with Crippen molar-refractivity contribution in [3.63, 3.8) is 0 Å². The second-order valence-electron chi connectivity index (χ2n) is 7.08. The van der Waals surface area contributed by atoms with Gasteiger partial charge in [0.15, 0.2) is 10.8 Å². The van der Waals surface area contributed by atoms with E-state index in [-0.39, 0.29) is 5.91 Å². The van der Waals surface area contributed by atoms with Gasteiger partial charge in [0.25, 0.3) is 0 Å². The van der Waals surface area contributed by atoms with Crippen LogP contribution in [0.1, 0.15) is 23.1 Å². The quantitative estimate of drug-likeness (QED) is 0.425. The Hall–Kier alpha value is -2.57. The van der Waals surface area contributed by atoms with E-state index >= 15 is 0 Å². The maximum absolute atomic E-state index is 12.4. The van der Waals surface area contributed by atoms with Gasteiger partial charge in [-0.3, -0.25) is 9.20 Å². The fourth-order valence-electron chi connectivity index (χ4n) is 3.40. The van der Waals surface area contributed by atoms with E-state index in [0.29, 0.717) is 17.2 Å². The molecule has 0 aliphatic rings. The van der Waals surface area contributed by atoms with Crippen LogP contribution in [-0.2, 0) is 4.79 Å². The minimum Gasteiger partial charge on any atom is -0.326 e. The molecule has 0 aliphatic heterocycles. The Morgan fingerprint density at radius 2 is 1.90 bits per heavy atom. The van der Waals surface area contributed by atoms with Crippen molar-refractivity contribution in [2.75, 3.05) is 11.1 Å². The van der Waals surface area contributed by atoms with Gasteiger partial charge in [0, 0.05) is 28.3 Å². The summed E-state index contributed by atoms with van der Waals surface area (Å²) in [4.78, 5) is 12.4. The molecule has 1 amide bonds. The number of aryl methyl sites for hydroxylation is 3. The van der Waals surface area contributed by atoms with Gasteiger partial charge < -0.3 is 5.32 Å². The first kappa shape index (κ1) is 19.7. The zero-order valence-corrected chi connectivity index (χ0v) is 18.1. The molecule has 7 heteroatoms. The van der Waals surface area contributed by atoms with E-state index in [0.717, 1.165) is 27.6 Å². The number of pyridine rings is 1. The first-order valence-corrected chi connectivity index (χ1v) is 10.7. The van der Waals surface area contributed by atoms with Gasteiger partial charge in [0.1, 0.15) is 0 Å². The number of carbonyl (C=O) groups is 1. The van der Waals surface area contributed by atoms with Gasteiger partial charge in [-0.15, -0.1) is 10.2 Å². The molecule has 0 radical (unpaired) electrons. The number of aromatic nitrogens is 3. The second kappa shape index (κ2) is 8.05. The van der Waals surface area contributed by atoms with Gasteiger partial charge in [-0.25, -0.2) is 0 Å². The lowest BCUT2D eigenvalue weighted by Gasteiger charge is -2.10. The Labute approximate surface area is 178 Å². The highest BCUT2D eigenvalue weighted by atomic mass is 35.5. The number of halogens is 1. The van der Waals surface area contributed by atoms with Crippen molar-refractivity contribution in [3.05, 3.63) is 64.2 Å². The highest BCUT2D eigenvalue weighted by molar-refractivity contribution is 7.99. The highest BCUT2D eigenvalue weighted by Gasteiger charge is 2.14. The smallest absolute Gasteiger partial charge is 0.225 e. The van der Waals surface area contributed by atoms with Gasteiger partial charge >= 0.3 is 0 Å². The summed E-state index contributed by atoms with van der Waals surface area (Å²) in [6.45, 7) is 6.13. The Morgan fingerprint density at radius 3 is 2.72 bits per heavy atom. The topological polar surface area (TPSA) is 59.3 Å². The molecule has 2 heterocycles. The Kier molecular flexibility index (Phi) is 5.48. The van der Waals surface area contributed by atoms with Crippen LogP contribution in [0.4, 0.5) is 5.69 Å². The minimum atomic E-state index is -0.0476. The first-order chi connectivity index (χ1) is 13.9. The van der Waals surface area contributed by atoms with E-state index in [9.17, 15) is 4.79 Å². The van der Waals surface area contributed by atoms with Gasteiger partial charge in [0.2, 0.25) is 5.91 Å². The van der Waals surface area contributed by atoms with E-state index in [1.54, 1.807) is 6.07 Å². The van der Waals surface area contributed by atoms with Crippen LogP contribution in [0.3, 0.4) is 0 Å². The largest absolute Gasteiger partial charge is 0.326 e. The number of hydrogen-bond acceptors (Lipinski definition) is 4. The normalized spacial score (nSPS) is 11.3. The summed E-state index contributed by atoms with van der Waals surface area (Å²) in [5.41, 5.74) is 6.02. The number of nitrogens with one attached hydrogen (secondary N) is 1. The van der Waals surface area contributed by atoms with Crippen LogP contribution in [0.2, 0.25) is 5.02 Å². The molecule has 4 rings (SSSR count). The number of rotatable bonds is 5. The van der Waals surface area contributed by atoms with Crippen molar-refractivity contribution in [1.82, 2.24) is 14.6 Å². The SMILES string of the molecule is Cc1ccc(Cl)cc1NC(=O)CCSc1nnc2cc(C)c3cccc(C)c3n12. The van der Waals surface area contributed by atoms with Crippen molar-refractivity contribution in [3.8, 4) is 0 Å². The predicted molar refractivity (Wildman–Crippen MR) is 120 cm³/mol. The maximum Gasteiger partial charge on any atom is 0.225 e. The van der Waals surface area contributed by atoms with Crippen LogP contribution in [0.5, 0.6) is 0 Å². The summed E-state index contributed by atoms with van der Waals surface area (Å²) in [6, 6.07) is 13.8. The maximum atomic E-state index is 12.4. The molecule has 0 unspecified atom stereocenters. The van der Waals surface area contributed by atoms with Crippen LogP contribution in [-0.4, -0.2) is 26.3 Å². The average molecular weight is 425 g/mol. The second-order valence-corrected chi connectivity index (χ2v) is 8.58. The molecular weight excluding hydrogens is 404 g/mol. The number of nitrogens with zero attached hydrogens (tertiary/aromatic N) is 3. The minimum absolute atomic E-state index is 0.0476. The highest BCUT2D eigenvalue weighted by Crippen LogP contribution is 2.28. The lowest BCUT2D eigenvalue weighted by molar-refractivity contribution is -0.115. The summed E-state index contributed by atoms with van der Waals surface area (Å²) in [6.07, 6.45) is 0.369. The number of hydrogen-bond donors (Lipinski definition) is 1.